The number of nitrogens with one attached hydrogen (secondary N) is 3. The maximum Gasteiger partial charge on any atom is 0.324 e. The summed E-state index contributed by atoms with van der Waals surface area (Å²) >= 11 is 0. The number of aryl methyl sites for hydroxylation is 1. The summed E-state index contributed by atoms with van der Waals surface area (Å²) in [6.45, 7) is 13.2. The number of carbonyl (C=O) groups is 4. The maximum atomic E-state index is 14.7. The van der Waals surface area contributed by atoms with Crippen LogP contribution in [0.25, 0.3) is 33.3 Å². The molecular formula is C49H64N8O9S. The second kappa shape index (κ2) is 18.9. The van der Waals surface area contributed by atoms with Gasteiger partial charge >= 0.3 is 5.97 Å². The van der Waals surface area contributed by atoms with Gasteiger partial charge in [0, 0.05) is 81.4 Å². The highest BCUT2D eigenvalue weighted by Crippen LogP contribution is 2.42. The number of phenolic OH excluding ortho intramolecular Hbond substituents is 1. The fourth-order valence-electron chi connectivity index (χ4n) is 9.92. The number of aromatic hydroxyl groups is 1. The van der Waals surface area contributed by atoms with Crippen LogP contribution < -0.4 is 16.1 Å². The molecule has 5 atom stereocenters. The smallest absolute Gasteiger partial charge is 0.324 e. The number of sulfonamides is 1. The normalized spacial score (nSPS) is 22.4. The zero-order valence-electron chi connectivity index (χ0n) is 39.7. The summed E-state index contributed by atoms with van der Waals surface area (Å²) in [5, 5.41) is 18.8. The summed E-state index contributed by atoms with van der Waals surface area (Å²) in [5.74, 6) is -2.98. The van der Waals surface area contributed by atoms with Gasteiger partial charge in [-0.3, -0.25) is 34.5 Å². The van der Waals surface area contributed by atoms with Crippen molar-refractivity contribution in [1.82, 2.24) is 39.8 Å². The molecule has 6 bridgehead atoms. The van der Waals surface area contributed by atoms with Crippen molar-refractivity contribution in [2.24, 2.45) is 17.3 Å². The van der Waals surface area contributed by atoms with Gasteiger partial charge < -0.3 is 29.4 Å². The molecule has 1 unspecified atom stereocenters. The highest BCUT2D eigenvalue weighted by Gasteiger charge is 2.49. The molecule has 3 saturated heterocycles. The molecule has 2 aromatic carbocycles. The topological polar surface area (TPSA) is 215 Å². The van der Waals surface area contributed by atoms with Crippen LogP contribution in [0.4, 0.5) is 0 Å². The lowest BCUT2D eigenvalue weighted by atomic mass is 9.84. The summed E-state index contributed by atoms with van der Waals surface area (Å²) in [4.78, 5) is 63.1. The molecule has 67 heavy (non-hydrogen) atoms. The predicted molar refractivity (Wildman–Crippen MR) is 252 cm³/mol. The third kappa shape index (κ3) is 9.68. The predicted octanol–water partition coefficient (Wildman–Crippen LogP) is 4.13. The molecule has 0 spiro atoms. The number of hydrogen-bond donors (Lipinski definition) is 4. The van der Waals surface area contributed by atoms with Crippen LogP contribution in [0.5, 0.6) is 5.75 Å². The number of amides is 3. The van der Waals surface area contributed by atoms with Crippen LogP contribution in [-0.2, 0) is 58.1 Å². The Bertz CT molecular complexity index is 2670. The number of esters is 1. The molecule has 4 aromatic rings. The maximum absolute atomic E-state index is 14.7. The Morgan fingerprint density at radius 2 is 1.84 bits per heavy atom. The van der Waals surface area contributed by atoms with E-state index < -0.39 is 68.6 Å². The van der Waals surface area contributed by atoms with Gasteiger partial charge in [0.25, 0.3) is 5.91 Å². The third-order valence-corrected chi connectivity index (χ3v) is 15.7. The van der Waals surface area contributed by atoms with Crippen LogP contribution in [0.2, 0.25) is 0 Å². The summed E-state index contributed by atoms with van der Waals surface area (Å²) in [6.07, 6.45) is 2.89. The summed E-state index contributed by atoms with van der Waals surface area (Å²) in [7, 11) is -0.347. The number of hydrogen-bond acceptors (Lipinski definition) is 12. The van der Waals surface area contributed by atoms with Crippen molar-refractivity contribution in [3.63, 3.8) is 0 Å². The van der Waals surface area contributed by atoms with Crippen LogP contribution in [0.3, 0.4) is 0 Å². The third-order valence-electron chi connectivity index (χ3n) is 13.6. The van der Waals surface area contributed by atoms with Gasteiger partial charge in [-0.15, -0.1) is 0 Å². The molecule has 4 N–H and O–H groups in total. The first-order valence-electron chi connectivity index (χ1n) is 23.3. The molecule has 2 aromatic heterocycles. The number of phenols is 1. The quantitative estimate of drug-likeness (QED) is 0.124. The molecule has 4 aliphatic rings. The number of ether oxygens (including phenoxy) is 2. The second-order valence-corrected chi connectivity index (χ2v) is 21.7. The minimum absolute atomic E-state index is 0.0255. The standard InChI is InChI=1S/C49H64N8O9S/c1-9-56-40-15-14-31-22-36(40)37(44(56)35-12-10-16-50-42(35)29(4)65-8)23-49(5,6)27-66-48(62)38-13-11-17-57(53-38)47(61)39(20-30-18-32(31)21-34(58)19-30)52-45(59)43(28(2)3)54(7)46(60)33-25-55(26-33)67(63,64)41-24-51-41/h10,12,14-16,18-19,21-22,28-29,33,38-39,41,43,51,53,58H,9,11,13,17,20,23-27H2,1-8H3,(H,52,59)/t29-,38-,39-,41-,43?/m0/s1. The second-order valence-electron chi connectivity index (χ2n) is 19.6. The van der Waals surface area contributed by atoms with Crippen LogP contribution in [-0.4, -0.2) is 131 Å². The van der Waals surface area contributed by atoms with Crippen molar-refractivity contribution >= 4 is 44.6 Å². The molecular weight excluding hydrogens is 877 g/mol. The first-order valence-corrected chi connectivity index (χ1v) is 24.8. The Hall–Kier alpha value is -5.40. The van der Waals surface area contributed by atoms with Crippen molar-refractivity contribution in [2.75, 3.05) is 46.9 Å². The molecule has 18 heteroatoms. The van der Waals surface area contributed by atoms with Gasteiger partial charge in [0.1, 0.15) is 29.2 Å². The lowest BCUT2D eigenvalue weighted by molar-refractivity contribution is -0.155. The summed E-state index contributed by atoms with van der Waals surface area (Å²) in [6, 6.07) is 12.3. The van der Waals surface area contributed by atoms with E-state index in [1.54, 1.807) is 39.3 Å². The van der Waals surface area contributed by atoms with Crippen LogP contribution in [0.1, 0.15) is 77.3 Å². The number of pyridine rings is 1. The van der Waals surface area contributed by atoms with Crippen LogP contribution in [0, 0.1) is 17.3 Å². The van der Waals surface area contributed by atoms with Crippen molar-refractivity contribution < 1.29 is 42.2 Å². The lowest BCUT2D eigenvalue weighted by Crippen LogP contribution is -2.63. The molecule has 360 valence electrons. The van der Waals surface area contributed by atoms with Crippen molar-refractivity contribution in [3.8, 4) is 28.1 Å². The van der Waals surface area contributed by atoms with E-state index in [0.29, 0.717) is 43.5 Å². The van der Waals surface area contributed by atoms with Crippen LogP contribution in [0.15, 0.2) is 54.7 Å². The molecule has 8 rings (SSSR count). The number of rotatable bonds is 11. The average molecular weight is 941 g/mol. The van der Waals surface area contributed by atoms with E-state index in [4.69, 9.17) is 14.5 Å². The number of cyclic esters (lactones) is 1. The Morgan fingerprint density at radius 3 is 2.52 bits per heavy atom. The molecule has 0 saturated carbocycles. The van der Waals surface area contributed by atoms with E-state index in [0.717, 1.165) is 39.0 Å². The molecule has 6 heterocycles. The monoisotopic (exact) mass is 940 g/mol. The molecule has 4 aliphatic heterocycles. The number of fused-ring (bicyclic) bond motifs is 6. The Kier molecular flexibility index (Phi) is 13.6. The molecule has 3 amide bonds. The fourth-order valence-corrected chi connectivity index (χ4v) is 11.6. The number of likely N-dealkylation sites (N-methyl/N-ethyl adjacent to an activating group) is 1. The molecule has 3 fully saturated rings. The van der Waals surface area contributed by atoms with Crippen molar-refractivity contribution in [3.05, 3.63) is 71.5 Å². The minimum atomic E-state index is -3.54. The highest BCUT2D eigenvalue weighted by molar-refractivity contribution is 7.90. The average Bonchev–Trinajstić information content (AvgIpc) is 4.10. The van der Waals surface area contributed by atoms with Gasteiger partial charge in [0.15, 0.2) is 0 Å². The van der Waals surface area contributed by atoms with E-state index in [2.05, 4.69) is 59.6 Å². The number of aromatic nitrogens is 2. The van der Waals surface area contributed by atoms with Crippen molar-refractivity contribution in [2.45, 2.75) is 103 Å². The molecule has 0 radical (unpaired) electrons. The Balaban J connectivity index is 1.18. The summed E-state index contributed by atoms with van der Waals surface area (Å²) in [5.41, 5.74) is 9.41. The number of benzene rings is 2. The van der Waals surface area contributed by atoms with Gasteiger partial charge in [-0.25, -0.2) is 13.8 Å². The largest absolute Gasteiger partial charge is 0.508 e. The first-order chi connectivity index (χ1) is 31.8. The highest BCUT2D eigenvalue weighted by atomic mass is 32.2. The van der Waals surface area contributed by atoms with Gasteiger partial charge in [-0.2, -0.15) is 4.31 Å². The Labute approximate surface area is 392 Å². The van der Waals surface area contributed by atoms with Crippen molar-refractivity contribution in [1.29, 1.82) is 0 Å². The first kappa shape index (κ1) is 48.1. The molecule has 0 aliphatic carbocycles. The van der Waals surface area contributed by atoms with Crippen LogP contribution >= 0.6 is 0 Å². The lowest BCUT2D eigenvalue weighted by Gasteiger charge is -2.41. The van der Waals surface area contributed by atoms with E-state index in [1.165, 1.54) is 21.3 Å². The van der Waals surface area contributed by atoms with Gasteiger partial charge in [0.2, 0.25) is 21.8 Å². The van der Waals surface area contributed by atoms with E-state index >= 15 is 0 Å². The number of nitrogens with zero attached hydrogens (tertiary/aromatic N) is 5. The van der Waals surface area contributed by atoms with Gasteiger partial charge in [-0.05, 0) is 97.7 Å². The van der Waals surface area contributed by atoms with Gasteiger partial charge in [0.05, 0.1) is 30.0 Å². The SMILES string of the molecule is CCn1c(-c2cccnc2[C@H](C)OC)c2c3cc(ccc31)-c1cc(O)cc(c1)C[C@H](NC(=O)C(C(C)C)N(C)C(=O)C1CN(S(=O)(=O)[C@H]3CN3)C1)C(=O)N1CCC[C@H](N1)C(=O)OCC(C)(C)C2. The fraction of sp³-hybridized carbons (Fsp3) is 0.531. The van der Waals surface area contributed by atoms with E-state index in [1.807, 2.05) is 25.1 Å². The van der Waals surface area contributed by atoms with Gasteiger partial charge in [-0.1, -0.05) is 39.8 Å². The Morgan fingerprint density at radius 1 is 1.09 bits per heavy atom. The minimum Gasteiger partial charge on any atom is -0.508 e. The van der Waals surface area contributed by atoms with E-state index in [9.17, 15) is 32.7 Å². The van der Waals surface area contributed by atoms with E-state index in [-0.39, 0.29) is 50.4 Å². The zero-order valence-corrected chi connectivity index (χ0v) is 40.5. The zero-order chi connectivity index (χ0) is 48.1. The number of carbonyl (C=O) groups excluding carboxylic acids is 4. The number of hydrazine groups is 1. The number of methoxy groups -OCH3 is 1. The molecule has 17 nitrogen and oxygen atoms in total. The summed E-state index contributed by atoms with van der Waals surface area (Å²) < 4.78 is 40.9.